The van der Waals surface area contributed by atoms with E-state index in [1.54, 1.807) is 0 Å². The first-order valence-electron chi connectivity index (χ1n) is 9.69. The van der Waals surface area contributed by atoms with E-state index >= 15 is 0 Å². The fourth-order valence-electron chi connectivity index (χ4n) is 3.98. The topological polar surface area (TPSA) is 73.6 Å². The maximum atomic E-state index is 12.8. The molecule has 2 aliphatic rings. The molecule has 1 fully saturated rings. The van der Waals surface area contributed by atoms with Crippen LogP contribution in [-0.4, -0.2) is 31.8 Å². The van der Waals surface area contributed by atoms with E-state index in [4.69, 9.17) is 15.2 Å². The van der Waals surface area contributed by atoms with Crippen LogP contribution >= 0.6 is 0 Å². The molecule has 5 heteroatoms. The van der Waals surface area contributed by atoms with Gasteiger partial charge in [-0.1, -0.05) is 48.5 Å². The highest BCUT2D eigenvalue weighted by Gasteiger charge is 2.30. The monoisotopic (exact) mass is 366 g/mol. The third-order valence-corrected chi connectivity index (χ3v) is 5.55. The molecule has 2 unspecified atom stereocenters. The Morgan fingerprint density at radius 2 is 1.78 bits per heavy atom. The molecule has 2 aromatic rings. The highest BCUT2D eigenvalue weighted by Crippen LogP contribution is 2.40. The average Bonchev–Trinajstić information content (AvgIpc) is 2.74. The zero-order chi connectivity index (χ0) is 18.6. The van der Waals surface area contributed by atoms with Crippen molar-refractivity contribution in [2.75, 3.05) is 19.8 Å². The van der Waals surface area contributed by atoms with Crippen LogP contribution < -0.4 is 15.8 Å². The van der Waals surface area contributed by atoms with E-state index < -0.39 is 6.04 Å². The number of hydrogen-bond donors (Lipinski definition) is 2. The Labute approximate surface area is 159 Å². The SMILES string of the molecule is NC(C(=O)NC1CCOc2c(-c3ccccc3)cccc21)C1CCOCC1. The van der Waals surface area contributed by atoms with Gasteiger partial charge in [0.2, 0.25) is 5.91 Å². The van der Waals surface area contributed by atoms with Crippen molar-refractivity contribution in [3.05, 3.63) is 54.1 Å². The third-order valence-electron chi connectivity index (χ3n) is 5.55. The molecule has 1 amide bonds. The van der Waals surface area contributed by atoms with Crippen molar-refractivity contribution in [2.24, 2.45) is 11.7 Å². The van der Waals surface area contributed by atoms with Crippen LogP contribution in [0.25, 0.3) is 11.1 Å². The van der Waals surface area contributed by atoms with Crippen molar-refractivity contribution in [3.63, 3.8) is 0 Å². The lowest BCUT2D eigenvalue weighted by molar-refractivity contribution is -0.125. The molecule has 1 saturated heterocycles. The fraction of sp³-hybridized carbons (Fsp3) is 0.409. The Bertz CT molecular complexity index is 787. The lowest BCUT2D eigenvalue weighted by Crippen LogP contribution is -2.48. The molecule has 0 aromatic heterocycles. The second kappa shape index (κ2) is 8.11. The van der Waals surface area contributed by atoms with E-state index in [2.05, 4.69) is 23.5 Å². The summed E-state index contributed by atoms with van der Waals surface area (Å²) in [5.74, 6) is 0.971. The van der Waals surface area contributed by atoms with Crippen LogP contribution in [0.4, 0.5) is 0 Å². The van der Waals surface area contributed by atoms with Crippen LogP contribution in [0.1, 0.15) is 30.9 Å². The number of carbonyl (C=O) groups is 1. The van der Waals surface area contributed by atoms with Gasteiger partial charge in [0, 0.05) is 30.8 Å². The molecule has 2 heterocycles. The van der Waals surface area contributed by atoms with Crippen molar-refractivity contribution in [3.8, 4) is 16.9 Å². The number of benzene rings is 2. The predicted octanol–water partition coefficient (Wildman–Crippen LogP) is 3.05. The molecular weight excluding hydrogens is 340 g/mol. The number of rotatable bonds is 4. The summed E-state index contributed by atoms with van der Waals surface area (Å²) >= 11 is 0. The van der Waals surface area contributed by atoms with Gasteiger partial charge in [-0.15, -0.1) is 0 Å². The van der Waals surface area contributed by atoms with Crippen LogP contribution in [0, 0.1) is 5.92 Å². The average molecular weight is 366 g/mol. The molecule has 2 aromatic carbocycles. The summed E-state index contributed by atoms with van der Waals surface area (Å²) in [5.41, 5.74) is 9.44. The Morgan fingerprint density at radius 3 is 2.56 bits per heavy atom. The van der Waals surface area contributed by atoms with Crippen molar-refractivity contribution < 1.29 is 14.3 Å². The smallest absolute Gasteiger partial charge is 0.237 e. The minimum atomic E-state index is -0.488. The number of nitrogens with one attached hydrogen (secondary N) is 1. The molecule has 2 aliphatic heterocycles. The molecule has 2 atom stereocenters. The van der Waals surface area contributed by atoms with Crippen LogP contribution in [0.3, 0.4) is 0 Å². The number of para-hydroxylation sites is 1. The number of carbonyl (C=O) groups excluding carboxylic acids is 1. The second-order valence-electron chi connectivity index (χ2n) is 7.26. The highest BCUT2D eigenvalue weighted by atomic mass is 16.5. The van der Waals surface area contributed by atoms with Gasteiger partial charge in [0.1, 0.15) is 5.75 Å². The molecule has 0 saturated carbocycles. The largest absolute Gasteiger partial charge is 0.492 e. The highest BCUT2D eigenvalue weighted by molar-refractivity contribution is 5.83. The molecule has 4 rings (SSSR count). The molecule has 3 N–H and O–H groups in total. The second-order valence-corrected chi connectivity index (χ2v) is 7.26. The molecule has 142 valence electrons. The van der Waals surface area contributed by atoms with Crippen molar-refractivity contribution in [1.29, 1.82) is 0 Å². The standard InChI is InChI=1S/C22H26N2O3/c23-20(16-9-12-26-13-10-16)22(25)24-19-11-14-27-21-17(7-4-8-18(19)21)15-5-2-1-3-6-15/h1-8,16,19-20H,9-14,23H2,(H,24,25). The number of fused-ring (bicyclic) bond motifs is 1. The van der Waals surface area contributed by atoms with Crippen molar-refractivity contribution in [2.45, 2.75) is 31.3 Å². The van der Waals surface area contributed by atoms with Gasteiger partial charge in [0.05, 0.1) is 18.7 Å². The zero-order valence-corrected chi connectivity index (χ0v) is 15.4. The number of amides is 1. The molecule has 5 nitrogen and oxygen atoms in total. The van der Waals surface area contributed by atoms with Gasteiger partial charge in [-0.3, -0.25) is 4.79 Å². The lowest BCUT2D eigenvalue weighted by Gasteiger charge is -2.31. The van der Waals surface area contributed by atoms with Gasteiger partial charge in [-0.25, -0.2) is 0 Å². The normalized spacial score (nSPS) is 21.0. The quantitative estimate of drug-likeness (QED) is 0.872. The molecule has 27 heavy (non-hydrogen) atoms. The summed E-state index contributed by atoms with van der Waals surface area (Å²) in [5, 5.41) is 3.17. The summed E-state index contributed by atoms with van der Waals surface area (Å²) in [7, 11) is 0. The van der Waals surface area contributed by atoms with Gasteiger partial charge in [0.25, 0.3) is 0 Å². The van der Waals surface area contributed by atoms with Gasteiger partial charge in [0.15, 0.2) is 0 Å². The number of hydrogen-bond acceptors (Lipinski definition) is 4. The van der Waals surface area contributed by atoms with E-state index in [0.717, 1.165) is 41.7 Å². The van der Waals surface area contributed by atoms with E-state index in [0.29, 0.717) is 19.8 Å². The van der Waals surface area contributed by atoms with E-state index in [1.165, 1.54) is 0 Å². The van der Waals surface area contributed by atoms with Crippen LogP contribution in [0.2, 0.25) is 0 Å². The molecule has 0 radical (unpaired) electrons. The summed E-state index contributed by atoms with van der Waals surface area (Å²) in [6.07, 6.45) is 2.44. The van der Waals surface area contributed by atoms with Crippen LogP contribution in [0.15, 0.2) is 48.5 Å². The summed E-state index contributed by atoms with van der Waals surface area (Å²) in [4.78, 5) is 12.8. The Kier molecular flexibility index (Phi) is 5.41. The maximum Gasteiger partial charge on any atom is 0.237 e. The van der Waals surface area contributed by atoms with Crippen LogP contribution in [-0.2, 0) is 9.53 Å². The van der Waals surface area contributed by atoms with E-state index in [-0.39, 0.29) is 17.9 Å². The first-order chi connectivity index (χ1) is 13.2. The van der Waals surface area contributed by atoms with E-state index in [1.807, 2.05) is 30.3 Å². The molecule has 0 bridgehead atoms. The van der Waals surface area contributed by atoms with Gasteiger partial charge >= 0.3 is 0 Å². The van der Waals surface area contributed by atoms with Crippen molar-refractivity contribution >= 4 is 5.91 Å². The Balaban J connectivity index is 1.54. The van der Waals surface area contributed by atoms with Gasteiger partial charge < -0.3 is 20.5 Å². The van der Waals surface area contributed by atoms with Gasteiger partial charge in [-0.2, -0.15) is 0 Å². The summed E-state index contributed by atoms with van der Waals surface area (Å²) in [6, 6.07) is 15.7. The summed E-state index contributed by atoms with van der Waals surface area (Å²) < 4.78 is 11.4. The van der Waals surface area contributed by atoms with Gasteiger partial charge in [-0.05, 0) is 24.3 Å². The minimum Gasteiger partial charge on any atom is -0.492 e. The lowest BCUT2D eigenvalue weighted by atomic mass is 9.90. The Morgan fingerprint density at radius 1 is 1.00 bits per heavy atom. The zero-order valence-electron chi connectivity index (χ0n) is 15.4. The van der Waals surface area contributed by atoms with E-state index in [9.17, 15) is 4.79 Å². The number of ether oxygens (including phenoxy) is 2. The third kappa shape index (κ3) is 3.84. The summed E-state index contributed by atoms with van der Waals surface area (Å²) in [6.45, 7) is 1.95. The minimum absolute atomic E-state index is 0.0733. The first-order valence-corrected chi connectivity index (χ1v) is 9.69. The van der Waals surface area contributed by atoms with Crippen LogP contribution in [0.5, 0.6) is 5.75 Å². The molecular formula is C22H26N2O3. The predicted molar refractivity (Wildman–Crippen MR) is 104 cm³/mol. The molecule has 0 spiro atoms. The maximum absolute atomic E-state index is 12.8. The molecule has 0 aliphatic carbocycles. The first kappa shape index (κ1) is 18.0. The fourth-order valence-corrected chi connectivity index (χ4v) is 3.98. The number of nitrogens with two attached hydrogens (primary N) is 1. The van der Waals surface area contributed by atoms with Crippen molar-refractivity contribution in [1.82, 2.24) is 5.32 Å². The Hall–Kier alpha value is -2.37.